The van der Waals surface area contributed by atoms with Crippen molar-refractivity contribution in [2.24, 2.45) is 5.10 Å². The molecule has 0 radical (unpaired) electrons. The van der Waals surface area contributed by atoms with E-state index in [1.807, 2.05) is 31.2 Å². The molecule has 8 nitrogen and oxygen atoms in total. The Kier molecular flexibility index (Phi) is 7.97. The van der Waals surface area contributed by atoms with Crippen molar-refractivity contribution in [2.75, 3.05) is 6.61 Å². The van der Waals surface area contributed by atoms with E-state index in [0.29, 0.717) is 61.0 Å². The molecule has 0 unspecified atom stereocenters. The summed E-state index contributed by atoms with van der Waals surface area (Å²) in [5.74, 6) is 1.59. The summed E-state index contributed by atoms with van der Waals surface area (Å²) in [7, 11) is 0. The highest BCUT2D eigenvalue weighted by molar-refractivity contribution is 9.10. The molecule has 6 aromatic rings. The summed E-state index contributed by atoms with van der Waals surface area (Å²) < 4.78 is 19.9. The molecule has 10 heteroatoms. The molecule has 0 bridgehead atoms. The van der Waals surface area contributed by atoms with Crippen LogP contribution in [0.4, 0.5) is 0 Å². The first-order valence-electron chi connectivity index (χ1n) is 13.3. The van der Waals surface area contributed by atoms with Crippen LogP contribution in [0.25, 0.3) is 33.5 Å². The number of hydrogen-bond donors (Lipinski definition) is 0. The fraction of sp³-hybridized carbons (Fsp3) is 0.0909. The van der Waals surface area contributed by atoms with Gasteiger partial charge in [0.25, 0.3) is 5.56 Å². The van der Waals surface area contributed by atoms with Crippen LogP contribution in [0.2, 0.25) is 5.02 Å². The van der Waals surface area contributed by atoms with E-state index in [0.717, 1.165) is 10.9 Å². The number of para-hydroxylation sites is 1. The van der Waals surface area contributed by atoms with Crippen molar-refractivity contribution in [1.82, 2.24) is 9.66 Å². The molecular weight excluding hydrogens is 632 g/mol. The molecule has 0 atom stereocenters. The predicted molar refractivity (Wildman–Crippen MR) is 170 cm³/mol. The molecule has 43 heavy (non-hydrogen) atoms. The second kappa shape index (κ2) is 12.1. The molecular formula is C33H22BrClN4O4. The van der Waals surface area contributed by atoms with Crippen molar-refractivity contribution >= 4 is 55.6 Å². The summed E-state index contributed by atoms with van der Waals surface area (Å²) >= 11 is 9.78. The van der Waals surface area contributed by atoms with E-state index in [2.05, 4.69) is 27.1 Å². The van der Waals surface area contributed by atoms with E-state index in [1.54, 1.807) is 66.9 Å². The van der Waals surface area contributed by atoms with Gasteiger partial charge in [0.05, 0.1) is 35.4 Å². The molecule has 2 heterocycles. The van der Waals surface area contributed by atoms with E-state index < -0.39 is 0 Å². The number of rotatable bonds is 8. The zero-order valence-corrected chi connectivity index (χ0v) is 25.1. The number of benzene rings is 4. The number of furan rings is 1. The van der Waals surface area contributed by atoms with Crippen LogP contribution in [-0.4, -0.2) is 22.5 Å². The zero-order valence-electron chi connectivity index (χ0n) is 22.8. The second-order valence-corrected chi connectivity index (χ2v) is 10.7. The number of fused-ring (bicyclic) bond motifs is 2. The van der Waals surface area contributed by atoms with Gasteiger partial charge in [0.15, 0.2) is 17.3 Å². The number of halogens is 2. The van der Waals surface area contributed by atoms with E-state index in [-0.39, 0.29) is 18.0 Å². The quantitative estimate of drug-likeness (QED) is 0.155. The van der Waals surface area contributed by atoms with Gasteiger partial charge >= 0.3 is 0 Å². The number of hydrogen-bond acceptors (Lipinski definition) is 7. The first kappa shape index (κ1) is 28.2. The van der Waals surface area contributed by atoms with Gasteiger partial charge in [0.1, 0.15) is 12.2 Å². The fourth-order valence-electron chi connectivity index (χ4n) is 4.58. The van der Waals surface area contributed by atoms with Gasteiger partial charge in [-0.2, -0.15) is 15.0 Å². The smallest absolute Gasteiger partial charge is 0.282 e. The lowest BCUT2D eigenvalue weighted by Crippen LogP contribution is -2.20. The van der Waals surface area contributed by atoms with Gasteiger partial charge in [0, 0.05) is 26.0 Å². The van der Waals surface area contributed by atoms with Crippen LogP contribution in [-0.2, 0) is 6.61 Å². The minimum absolute atomic E-state index is 0.188. The van der Waals surface area contributed by atoms with E-state index >= 15 is 0 Å². The van der Waals surface area contributed by atoms with Crippen molar-refractivity contribution in [1.29, 1.82) is 5.26 Å². The van der Waals surface area contributed by atoms with Gasteiger partial charge in [0.2, 0.25) is 5.82 Å². The van der Waals surface area contributed by atoms with Crippen LogP contribution in [0.3, 0.4) is 0 Å². The van der Waals surface area contributed by atoms with Crippen LogP contribution in [0.15, 0.2) is 104 Å². The van der Waals surface area contributed by atoms with E-state index in [4.69, 9.17) is 30.5 Å². The first-order chi connectivity index (χ1) is 20.9. The molecule has 6 rings (SSSR count). The number of aromatic nitrogens is 2. The Hall–Kier alpha value is -4.91. The second-order valence-electron chi connectivity index (χ2n) is 9.42. The molecule has 0 saturated carbocycles. The third kappa shape index (κ3) is 5.75. The lowest BCUT2D eigenvalue weighted by Gasteiger charge is -2.14. The molecule has 2 aromatic heterocycles. The summed E-state index contributed by atoms with van der Waals surface area (Å²) in [6.45, 7) is 2.46. The predicted octanol–water partition coefficient (Wildman–Crippen LogP) is 7.96. The number of ether oxygens (including phenoxy) is 2. The van der Waals surface area contributed by atoms with Gasteiger partial charge < -0.3 is 13.9 Å². The van der Waals surface area contributed by atoms with Crippen molar-refractivity contribution in [3.63, 3.8) is 0 Å². The Labute approximate surface area is 259 Å². The Morgan fingerprint density at radius 2 is 1.84 bits per heavy atom. The van der Waals surface area contributed by atoms with Gasteiger partial charge in [-0.1, -0.05) is 41.9 Å². The number of nitriles is 1. The Morgan fingerprint density at radius 3 is 2.67 bits per heavy atom. The lowest BCUT2D eigenvalue weighted by molar-refractivity contribution is 0.269. The van der Waals surface area contributed by atoms with Crippen molar-refractivity contribution in [3.05, 3.63) is 121 Å². The molecule has 0 aliphatic heterocycles. The third-order valence-electron chi connectivity index (χ3n) is 6.65. The summed E-state index contributed by atoms with van der Waals surface area (Å²) in [5, 5.41) is 15.7. The molecule has 0 saturated heterocycles. The summed E-state index contributed by atoms with van der Waals surface area (Å²) in [6, 6.07) is 27.1. The van der Waals surface area contributed by atoms with Gasteiger partial charge in [-0.15, -0.1) is 0 Å². The average Bonchev–Trinajstić information content (AvgIpc) is 3.44. The Balaban J connectivity index is 1.41. The van der Waals surface area contributed by atoms with Crippen molar-refractivity contribution < 1.29 is 13.9 Å². The topological polar surface area (TPSA) is 103 Å². The fourth-order valence-corrected chi connectivity index (χ4v) is 5.18. The zero-order chi connectivity index (χ0) is 29.9. The molecule has 0 fully saturated rings. The van der Waals surface area contributed by atoms with Crippen molar-refractivity contribution in [2.45, 2.75) is 13.5 Å². The van der Waals surface area contributed by atoms with Crippen LogP contribution >= 0.6 is 27.5 Å². The van der Waals surface area contributed by atoms with Crippen LogP contribution in [0.1, 0.15) is 23.6 Å². The molecule has 0 spiro atoms. The lowest BCUT2D eigenvalue weighted by atomic mass is 10.1. The number of nitrogens with zero attached hydrogens (tertiary/aromatic N) is 4. The van der Waals surface area contributed by atoms with Crippen molar-refractivity contribution in [3.8, 4) is 29.2 Å². The average molecular weight is 654 g/mol. The maximum absolute atomic E-state index is 13.7. The highest BCUT2D eigenvalue weighted by Gasteiger charge is 2.17. The summed E-state index contributed by atoms with van der Waals surface area (Å²) in [6.07, 6.45) is 1.54. The van der Waals surface area contributed by atoms with E-state index in [9.17, 15) is 10.1 Å². The highest BCUT2D eigenvalue weighted by Crippen LogP contribution is 2.34. The minimum Gasteiger partial charge on any atom is -0.490 e. The monoisotopic (exact) mass is 652 g/mol. The summed E-state index contributed by atoms with van der Waals surface area (Å²) in [5.41, 5.74) is 2.71. The van der Waals surface area contributed by atoms with Gasteiger partial charge in [-0.05, 0) is 77.5 Å². The first-order valence-corrected chi connectivity index (χ1v) is 14.4. The Morgan fingerprint density at radius 1 is 1.05 bits per heavy atom. The molecule has 0 aliphatic rings. The third-order valence-corrected chi connectivity index (χ3v) is 7.57. The summed E-state index contributed by atoms with van der Waals surface area (Å²) in [4.78, 5) is 18.4. The Bertz CT molecular complexity index is 2130. The van der Waals surface area contributed by atoms with Crippen LogP contribution in [0.5, 0.6) is 11.5 Å². The molecule has 4 aromatic carbocycles. The molecule has 212 valence electrons. The van der Waals surface area contributed by atoms with Gasteiger partial charge in [-0.25, -0.2) is 4.98 Å². The molecule has 0 aliphatic carbocycles. The van der Waals surface area contributed by atoms with Crippen LogP contribution < -0.4 is 15.0 Å². The SMILES string of the molecule is CCOc1cc(C=Nn2c(-c3cc4cc(Cl)ccc4o3)nc3ccccc3c2=O)c(Br)cc1OCc1ccccc1C#N. The molecule has 0 amide bonds. The minimum atomic E-state index is -0.354. The normalized spacial score (nSPS) is 11.3. The van der Waals surface area contributed by atoms with Crippen LogP contribution in [0, 0.1) is 11.3 Å². The molecule has 0 N–H and O–H groups in total. The standard InChI is InChI=1S/C33H22BrClN4O4/c1-2-41-29-15-23(26(34)16-30(29)42-19-21-8-4-3-7-20(21)17-36)18-37-39-32(38-27-10-6-5-9-25(27)33(39)40)31-14-22-13-24(35)11-12-28(22)43-31/h3-16,18H,2,19H2,1H3. The van der Waals surface area contributed by atoms with Gasteiger partial charge in [-0.3, -0.25) is 4.79 Å². The largest absolute Gasteiger partial charge is 0.490 e. The van der Waals surface area contributed by atoms with E-state index in [1.165, 1.54) is 4.68 Å². The maximum Gasteiger partial charge on any atom is 0.282 e. The highest BCUT2D eigenvalue weighted by atomic mass is 79.9. The maximum atomic E-state index is 13.7.